The first-order chi connectivity index (χ1) is 11.3. The second kappa shape index (κ2) is 5.85. The maximum Gasteiger partial charge on any atom is 0.321 e. The number of H-pyrrole nitrogens is 1. The standard InChI is InChI=1S/C16H12BrN5O/c17-12-5-3-7-18-15(12)20-16-22-21-14(23-16)8-10-9-19-13-6-2-1-4-11(10)13/h1-7,9,19H,8H2,(H,18,20,22). The van der Waals surface area contributed by atoms with Crippen molar-refractivity contribution < 1.29 is 4.42 Å². The number of fused-ring (bicyclic) bond motifs is 1. The van der Waals surface area contributed by atoms with E-state index in [0.29, 0.717) is 24.1 Å². The van der Waals surface area contributed by atoms with Gasteiger partial charge in [-0.2, -0.15) is 0 Å². The number of pyridine rings is 1. The number of rotatable bonds is 4. The summed E-state index contributed by atoms with van der Waals surface area (Å²) in [5.74, 6) is 1.18. The van der Waals surface area contributed by atoms with Crippen LogP contribution in [-0.2, 0) is 6.42 Å². The van der Waals surface area contributed by atoms with Gasteiger partial charge in [-0.25, -0.2) is 4.98 Å². The van der Waals surface area contributed by atoms with Crippen molar-refractivity contribution in [3.8, 4) is 0 Å². The Labute approximate surface area is 140 Å². The minimum Gasteiger partial charge on any atom is -0.408 e. The van der Waals surface area contributed by atoms with E-state index < -0.39 is 0 Å². The van der Waals surface area contributed by atoms with Crippen molar-refractivity contribution in [2.45, 2.75) is 6.42 Å². The van der Waals surface area contributed by atoms with Crippen LogP contribution in [0.4, 0.5) is 11.8 Å². The van der Waals surface area contributed by atoms with Crippen LogP contribution in [0.3, 0.4) is 0 Å². The number of benzene rings is 1. The van der Waals surface area contributed by atoms with E-state index in [2.05, 4.69) is 47.5 Å². The van der Waals surface area contributed by atoms with Gasteiger partial charge in [0.25, 0.3) is 0 Å². The molecule has 0 fully saturated rings. The minimum atomic E-state index is 0.319. The molecule has 0 saturated heterocycles. The third-order valence-corrected chi connectivity index (χ3v) is 4.11. The molecule has 3 heterocycles. The summed E-state index contributed by atoms with van der Waals surface area (Å²) in [5, 5.41) is 12.3. The molecular weight excluding hydrogens is 358 g/mol. The van der Waals surface area contributed by atoms with Crippen molar-refractivity contribution in [2.75, 3.05) is 5.32 Å². The highest BCUT2D eigenvalue weighted by atomic mass is 79.9. The molecule has 6 nitrogen and oxygen atoms in total. The number of anilines is 2. The van der Waals surface area contributed by atoms with Gasteiger partial charge in [0.15, 0.2) is 0 Å². The Balaban J connectivity index is 1.55. The molecule has 1 aromatic carbocycles. The fourth-order valence-corrected chi connectivity index (χ4v) is 2.75. The van der Waals surface area contributed by atoms with Crippen LogP contribution in [-0.4, -0.2) is 20.2 Å². The molecule has 4 rings (SSSR count). The van der Waals surface area contributed by atoms with Gasteiger partial charge in [-0.15, -0.1) is 5.10 Å². The predicted molar refractivity (Wildman–Crippen MR) is 90.6 cm³/mol. The second-order valence-corrected chi connectivity index (χ2v) is 5.85. The summed E-state index contributed by atoms with van der Waals surface area (Å²) in [5.41, 5.74) is 2.22. The van der Waals surface area contributed by atoms with Crippen molar-refractivity contribution in [3.05, 3.63) is 64.7 Å². The molecule has 0 spiro atoms. The molecule has 0 bridgehead atoms. The molecule has 7 heteroatoms. The van der Waals surface area contributed by atoms with E-state index in [4.69, 9.17) is 4.42 Å². The first-order valence-electron chi connectivity index (χ1n) is 7.04. The van der Waals surface area contributed by atoms with Gasteiger partial charge in [-0.1, -0.05) is 23.3 Å². The van der Waals surface area contributed by atoms with E-state index in [1.54, 1.807) is 6.20 Å². The highest BCUT2D eigenvalue weighted by molar-refractivity contribution is 9.10. The molecule has 0 aliphatic heterocycles. The van der Waals surface area contributed by atoms with E-state index in [1.165, 1.54) is 0 Å². The molecule has 0 aliphatic rings. The molecule has 0 saturated carbocycles. The highest BCUT2D eigenvalue weighted by Crippen LogP contribution is 2.24. The van der Waals surface area contributed by atoms with Crippen molar-refractivity contribution in [3.63, 3.8) is 0 Å². The van der Waals surface area contributed by atoms with Gasteiger partial charge in [0, 0.05) is 23.3 Å². The Kier molecular flexibility index (Phi) is 3.55. The van der Waals surface area contributed by atoms with Gasteiger partial charge in [0.05, 0.1) is 10.9 Å². The third kappa shape index (κ3) is 2.83. The lowest BCUT2D eigenvalue weighted by atomic mass is 10.1. The number of aromatic nitrogens is 4. The van der Waals surface area contributed by atoms with E-state index in [-0.39, 0.29) is 0 Å². The summed E-state index contributed by atoms with van der Waals surface area (Å²) in [7, 11) is 0. The van der Waals surface area contributed by atoms with Gasteiger partial charge in [0.2, 0.25) is 5.89 Å². The van der Waals surface area contributed by atoms with E-state index >= 15 is 0 Å². The molecule has 114 valence electrons. The lowest BCUT2D eigenvalue weighted by molar-refractivity contribution is 0.521. The zero-order chi connectivity index (χ0) is 15.6. The molecule has 2 N–H and O–H groups in total. The molecule has 0 radical (unpaired) electrons. The normalized spacial score (nSPS) is 11.0. The number of para-hydroxylation sites is 1. The third-order valence-electron chi connectivity index (χ3n) is 3.47. The van der Waals surface area contributed by atoms with Gasteiger partial charge >= 0.3 is 6.01 Å². The largest absolute Gasteiger partial charge is 0.408 e. The Morgan fingerprint density at radius 1 is 1.13 bits per heavy atom. The van der Waals surface area contributed by atoms with Crippen molar-refractivity contribution in [2.24, 2.45) is 0 Å². The summed E-state index contributed by atoms with van der Waals surface area (Å²) in [6, 6.07) is 12.2. The monoisotopic (exact) mass is 369 g/mol. The summed E-state index contributed by atoms with van der Waals surface area (Å²) in [6.45, 7) is 0. The quantitative estimate of drug-likeness (QED) is 0.567. The number of aromatic amines is 1. The van der Waals surface area contributed by atoms with E-state index in [1.807, 2.05) is 36.5 Å². The zero-order valence-corrected chi connectivity index (χ0v) is 13.5. The van der Waals surface area contributed by atoms with Crippen LogP contribution in [0.2, 0.25) is 0 Å². The number of halogens is 1. The smallest absolute Gasteiger partial charge is 0.321 e. The van der Waals surface area contributed by atoms with Crippen molar-refractivity contribution in [1.29, 1.82) is 0 Å². The average molecular weight is 370 g/mol. The van der Waals surface area contributed by atoms with Gasteiger partial charge < -0.3 is 9.40 Å². The lowest BCUT2D eigenvalue weighted by Gasteiger charge is -2.01. The first kappa shape index (κ1) is 14.0. The molecule has 23 heavy (non-hydrogen) atoms. The molecule has 0 unspecified atom stereocenters. The van der Waals surface area contributed by atoms with Crippen LogP contribution >= 0.6 is 15.9 Å². The fraction of sp³-hybridized carbons (Fsp3) is 0.0625. The molecular formula is C16H12BrN5O. The summed E-state index contributed by atoms with van der Waals surface area (Å²) in [6.07, 6.45) is 4.23. The van der Waals surface area contributed by atoms with E-state index in [9.17, 15) is 0 Å². The van der Waals surface area contributed by atoms with Crippen molar-refractivity contribution >= 4 is 38.7 Å². The molecule has 0 aliphatic carbocycles. The lowest BCUT2D eigenvalue weighted by Crippen LogP contribution is -1.94. The number of hydrogen-bond acceptors (Lipinski definition) is 5. The first-order valence-corrected chi connectivity index (χ1v) is 7.84. The maximum atomic E-state index is 5.66. The van der Waals surface area contributed by atoms with Crippen molar-refractivity contribution in [1.82, 2.24) is 20.2 Å². The van der Waals surface area contributed by atoms with Gasteiger partial charge in [0.1, 0.15) is 5.82 Å². The topological polar surface area (TPSA) is 79.6 Å². The Bertz CT molecular complexity index is 962. The number of hydrogen-bond donors (Lipinski definition) is 2. The van der Waals surface area contributed by atoms with Crippen LogP contribution in [0.5, 0.6) is 0 Å². The predicted octanol–water partition coefficient (Wildman–Crippen LogP) is 4.04. The summed E-state index contributed by atoms with van der Waals surface area (Å²) >= 11 is 3.42. The van der Waals surface area contributed by atoms with Crippen LogP contribution in [0.25, 0.3) is 10.9 Å². The maximum absolute atomic E-state index is 5.66. The highest BCUT2D eigenvalue weighted by Gasteiger charge is 2.11. The second-order valence-electron chi connectivity index (χ2n) is 5.00. The minimum absolute atomic E-state index is 0.319. The van der Waals surface area contributed by atoms with Crippen LogP contribution < -0.4 is 5.32 Å². The zero-order valence-electron chi connectivity index (χ0n) is 12.0. The molecule has 0 amide bonds. The molecule has 0 atom stereocenters. The molecule has 3 aromatic heterocycles. The number of nitrogens with zero attached hydrogens (tertiary/aromatic N) is 3. The van der Waals surface area contributed by atoms with Crippen LogP contribution in [0.15, 0.2) is 57.7 Å². The Hall–Kier alpha value is -2.67. The SMILES string of the molecule is Brc1cccnc1Nc1nnc(Cc2c[nH]c3ccccc23)o1. The average Bonchev–Trinajstić information content (AvgIpc) is 3.18. The Morgan fingerprint density at radius 2 is 2.04 bits per heavy atom. The van der Waals surface area contributed by atoms with Gasteiger partial charge in [-0.3, -0.25) is 5.32 Å². The number of nitrogens with one attached hydrogen (secondary N) is 2. The van der Waals surface area contributed by atoms with Crippen LogP contribution in [0.1, 0.15) is 11.5 Å². The van der Waals surface area contributed by atoms with E-state index in [0.717, 1.165) is 20.9 Å². The fourth-order valence-electron chi connectivity index (χ4n) is 2.40. The summed E-state index contributed by atoms with van der Waals surface area (Å²) in [4.78, 5) is 7.45. The molecule has 4 aromatic rings. The summed E-state index contributed by atoms with van der Waals surface area (Å²) < 4.78 is 6.49. The van der Waals surface area contributed by atoms with Crippen LogP contribution in [0, 0.1) is 0 Å². The van der Waals surface area contributed by atoms with Gasteiger partial charge in [-0.05, 0) is 39.7 Å². The Morgan fingerprint density at radius 3 is 2.96 bits per heavy atom.